The summed E-state index contributed by atoms with van der Waals surface area (Å²) in [7, 11) is 0. The van der Waals surface area contributed by atoms with Gasteiger partial charge in [0.25, 0.3) is 5.91 Å². The van der Waals surface area contributed by atoms with E-state index in [2.05, 4.69) is 0 Å². The molecule has 1 fully saturated rings. The Kier molecular flexibility index (Phi) is 4.86. The van der Waals surface area contributed by atoms with E-state index in [1.54, 1.807) is 4.90 Å². The number of β-amino-alcohol motifs (C(OH)–C–C–N with tert-alkyl or cyclic N) is 1. The number of phenolic OH excluding ortho intramolecular Hbond substituents is 1. The molecule has 1 heterocycles. The van der Waals surface area contributed by atoms with Crippen molar-refractivity contribution in [2.75, 3.05) is 32.7 Å². The smallest absolute Gasteiger partial charge is 0.418 e. The van der Waals surface area contributed by atoms with Crippen LogP contribution in [0.15, 0.2) is 24.3 Å². The molecular formula is C15H19F3N2O3. The zero-order valence-corrected chi connectivity index (χ0v) is 12.7. The summed E-state index contributed by atoms with van der Waals surface area (Å²) in [5.41, 5.74) is -2.35. The second-order valence-electron chi connectivity index (χ2n) is 5.89. The van der Waals surface area contributed by atoms with E-state index < -0.39 is 18.3 Å². The van der Waals surface area contributed by atoms with Gasteiger partial charge in [0, 0.05) is 38.3 Å². The van der Waals surface area contributed by atoms with Gasteiger partial charge in [0.1, 0.15) is 5.75 Å². The maximum atomic E-state index is 12.7. The minimum absolute atomic E-state index is 0.0563. The third kappa shape index (κ3) is 4.14. The summed E-state index contributed by atoms with van der Waals surface area (Å²) in [6, 6.07) is 5.81. The lowest BCUT2D eigenvalue weighted by atomic mass is 10.1. The van der Waals surface area contributed by atoms with Crippen LogP contribution in [0.3, 0.4) is 0 Å². The molecule has 0 bridgehead atoms. The van der Waals surface area contributed by atoms with Gasteiger partial charge < -0.3 is 15.1 Å². The first kappa shape index (κ1) is 17.6. The summed E-state index contributed by atoms with van der Waals surface area (Å²) in [4.78, 5) is 15.3. The second-order valence-corrected chi connectivity index (χ2v) is 5.89. The highest BCUT2D eigenvalue weighted by Gasteiger charge is 2.50. The molecule has 1 aliphatic rings. The lowest BCUT2D eigenvalue weighted by Gasteiger charge is -2.38. The number of hydrogen-bond acceptors (Lipinski definition) is 4. The summed E-state index contributed by atoms with van der Waals surface area (Å²) in [6.45, 7) is 1.33. The summed E-state index contributed by atoms with van der Waals surface area (Å²) in [5, 5.41) is 18.7. The fraction of sp³-hybridized carbons (Fsp3) is 0.533. The summed E-state index contributed by atoms with van der Waals surface area (Å²) in [5.74, 6) is -0.173. The Hall–Kier alpha value is -1.80. The summed E-state index contributed by atoms with van der Waals surface area (Å²) in [6.07, 6.45) is -4.69. The molecule has 1 unspecified atom stereocenters. The first-order valence-electron chi connectivity index (χ1n) is 7.20. The van der Waals surface area contributed by atoms with E-state index >= 15 is 0 Å². The lowest BCUT2D eigenvalue weighted by Crippen LogP contribution is -2.56. The van der Waals surface area contributed by atoms with Gasteiger partial charge in [-0.3, -0.25) is 9.69 Å². The molecule has 23 heavy (non-hydrogen) atoms. The summed E-state index contributed by atoms with van der Waals surface area (Å²) < 4.78 is 38.1. The number of piperazine rings is 1. The van der Waals surface area contributed by atoms with Crippen LogP contribution in [-0.2, 0) is 0 Å². The van der Waals surface area contributed by atoms with Crippen molar-refractivity contribution in [3.05, 3.63) is 29.8 Å². The molecule has 1 aliphatic heterocycles. The third-order valence-corrected chi connectivity index (χ3v) is 3.92. The lowest BCUT2D eigenvalue weighted by molar-refractivity contribution is -0.258. The number of carbonyl (C=O) groups is 1. The number of halogens is 3. The number of aromatic hydroxyl groups is 1. The van der Waals surface area contributed by atoms with Crippen LogP contribution in [0.5, 0.6) is 5.75 Å². The predicted octanol–water partition coefficient (Wildman–Crippen LogP) is 1.46. The highest BCUT2D eigenvalue weighted by molar-refractivity contribution is 5.94. The highest BCUT2D eigenvalue weighted by atomic mass is 19.4. The maximum absolute atomic E-state index is 12.7. The van der Waals surface area contributed by atoms with Gasteiger partial charge in [-0.1, -0.05) is 0 Å². The minimum atomic E-state index is -4.69. The van der Waals surface area contributed by atoms with Crippen LogP contribution in [0.25, 0.3) is 0 Å². The molecule has 0 saturated carbocycles. The largest absolute Gasteiger partial charge is 0.508 e. The van der Waals surface area contributed by atoms with Gasteiger partial charge in [-0.25, -0.2) is 0 Å². The number of aliphatic hydroxyl groups is 1. The number of amides is 1. The quantitative estimate of drug-likeness (QED) is 0.880. The Morgan fingerprint density at radius 2 is 1.65 bits per heavy atom. The number of alkyl halides is 3. The van der Waals surface area contributed by atoms with Gasteiger partial charge in [0.05, 0.1) is 0 Å². The predicted molar refractivity (Wildman–Crippen MR) is 77.1 cm³/mol. The Labute approximate surface area is 131 Å². The van der Waals surface area contributed by atoms with E-state index in [1.807, 2.05) is 0 Å². The molecular weight excluding hydrogens is 313 g/mol. The monoisotopic (exact) mass is 332 g/mol. The normalized spacial score (nSPS) is 19.4. The van der Waals surface area contributed by atoms with E-state index in [1.165, 1.54) is 29.2 Å². The molecule has 2 rings (SSSR count). The van der Waals surface area contributed by atoms with Crippen LogP contribution in [0.1, 0.15) is 17.3 Å². The molecule has 2 N–H and O–H groups in total. The van der Waals surface area contributed by atoms with Crippen molar-refractivity contribution in [2.45, 2.75) is 18.7 Å². The van der Waals surface area contributed by atoms with Gasteiger partial charge in [0.2, 0.25) is 0 Å². The average molecular weight is 332 g/mol. The van der Waals surface area contributed by atoms with Crippen molar-refractivity contribution in [1.29, 1.82) is 0 Å². The zero-order valence-electron chi connectivity index (χ0n) is 12.7. The van der Waals surface area contributed by atoms with Crippen molar-refractivity contribution in [3.63, 3.8) is 0 Å². The average Bonchev–Trinajstić information content (AvgIpc) is 2.46. The number of hydrogen-bond donors (Lipinski definition) is 2. The number of nitrogens with zero attached hydrogens (tertiary/aromatic N) is 2. The van der Waals surface area contributed by atoms with E-state index in [0.717, 1.165) is 6.92 Å². The molecule has 0 aliphatic carbocycles. The number of benzene rings is 1. The zero-order chi connectivity index (χ0) is 17.3. The molecule has 1 aromatic rings. The second kappa shape index (κ2) is 6.37. The molecule has 0 spiro atoms. The summed E-state index contributed by atoms with van der Waals surface area (Å²) >= 11 is 0. The SMILES string of the molecule is CC(O)(CN1CCN(C(=O)c2ccc(O)cc2)CC1)C(F)(F)F. The van der Waals surface area contributed by atoms with Crippen molar-refractivity contribution >= 4 is 5.91 Å². The fourth-order valence-electron chi connectivity index (χ4n) is 2.42. The van der Waals surface area contributed by atoms with E-state index in [9.17, 15) is 28.2 Å². The van der Waals surface area contributed by atoms with Crippen LogP contribution < -0.4 is 0 Å². The molecule has 128 valence electrons. The topological polar surface area (TPSA) is 64.0 Å². The van der Waals surface area contributed by atoms with Crippen LogP contribution in [-0.4, -0.2) is 70.4 Å². The fourth-order valence-corrected chi connectivity index (χ4v) is 2.42. The number of carbonyl (C=O) groups excluding carboxylic acids is 1. The molecule has 1 aromatic carbocycles. The Balaban J connectivity index is 1.91. The van der Waals surface area contributed by atoms with Crippen LogP contribution in [0.4, 0.5) is 13.2 Å². The minimum Gasteiger partial charge on any atom is -0.508 e. The van der Waals surface area contributed by atoms with Crippen LogP contribution >= 0.6 is 0 Å². The molecule has 0 aromatic heterocycles. The Bertz CT molecular complexity index is 550. The molecule has 0 radical (unpaired) electrons. The van der Waals surface area contributed by atoms with Crippen LogP contribution in [0.2, 0.25) is 0 Å². The van der Waals surface area contributed by atoms with Crippen molar-refractivity contribution < 1.29 is 28.2 Å². The van der Waals surface area contributed by atoms with Crippen molar-refractivity contribution in [3.8, 4) is 5.75 Å². The van der Waals surface area contributed by atoms with E-state index in [4.69, 9.17) is 0 Å². The van der Waals surface area contributed by atoms with Gasteiger partial charge in [-0.15, -0.1) is 0 Å². The molecule has 5 nitrogen and oxygen atoms in total. The van der Waals surface area contributed by atoms with Gasteiger partial charge >= 0.3 is 6.18 Å². The Morgan fingerprint density at radius 1 is 1.13 bits per heavy atom. The Morgan fingerprint density at radius 3 is 2.13 bits per heavy atom. The first-order valence-corrected chi connectivity index (χ1v) is 7.20. The third-order valence-electron chi connectivity index (χ3n) is 3.92. The standard InChI is InChI=1S/C15H19F3N2O3/c1-14(23,15(16,17)18)10-19-6-8-20(9-7-19)13(22)11-2-4-12(21)5-3-11/h2-5,21,23H,6-10H2,1H3. The first-order chi connectivity index (χ1) is 10.6. The van der Waals surface area contributed by atoms with Crippen LogP contribution in [0, 0.1) is 0 Å². The molecule has 1 saturated heterocycles. The van der Waals surface area contributed by atoms with Crippen molar-refractivity contribution in [2.24, 2.45) is 0 Å². The van der Waals surface area contributed by atoms with E-state index in [0.29, 0.717) is 5.56 Å². The van der Waals surface area contributed by atoms with Gasteiger partial charge in [0.15, 0.2) is 5.60 Å². The van der Waals surface area contributed by atoms with Gasteiger partial charge in [-0.2, -0.15) is 13.2 Å². The highest BCUT2D eigenvalue weighted by Crippen LogP contribution is 2.30. The molecule has 1 amide bonds. The van der Waals surface area contributed by atoms with Crippen molar-refractivity contribution in [1.82, 2.24) is 9.80 Å². The molecule has 8 heteroatoms. The number of phenols is 1. The van der Waals surface area contributed by atoms with Gasteiger partial charge in [-0.05, 0) is 31.2 Å². The van der Waals surface area contributed by atoms with E-state index in [-0.39, 0.29) is 37.8 Å². The molecule has 1 atom stereocenters. The number of rotatable bonds is 3. The maximum Gasteiger partial charge on any atom is 0.418 e.